The van der Waals surface area contributed by atoms with Crippen LogP contribution in [0.25, 0.3) is 0 Å². The average Bonchev–Trinajstić information content (AvgIpc) is 2.50. The Morgan fingerprint density at radius 2 is 1.94 bits per heavy atom. The van der Waals surface area contributed by atoms with Gasteiger partial charge in [-0.1, -0.05) is 20.8 Å². The lowest BCUT2D eigenvalue weighted by molar-refractivity contribution is -0.146. The smallest absolute Gasteiger partial charge is 0.309 e. The van der Waals surface area contributed by atoms with Gasteiger partial charge in [-0.15, -0.1) is 11.3 Å². The zero-order chi connectivity index (χ0) is 12.6. The van der Waals surface area contributed by atoms with Gasteiger partial charge >= 0.3 is 5.97 Å². The molecule has 0 amide bonds. The fourth-order valence-corrected chi connectivity index (χ4v) is 2.44. The maximum absolute atomic E-state index is 11.0. The second-order valence-corrected chi connectivity index (χ2v) is 6.68. The largest absolute Gasteiger partial charge is 0.481 e. The van der Waals surface area contributed by atoms with Gasteiger partial charge in [0.2, 0.25) is 0 Å². The number of carboxylic acid groups (broad SMARTS) is 1. The van der Waals surface area contributed by atoms with Gasteiger partial charge in [-0.2, -0.15) is 0 Å². The Hall–Kier alpha value is -0.900. The van der Waals surface area contributed by atoms with Gasteiger partial charge in [0.15, 0.2) is 0 Å². The molecule has 3 nitrogen and oxygen atoms in total. The molecular weight excluding hydrogens is 222 g/mol. The van der Waals surface area contributed by atoms with Crippen molar-refractivity contribution in [2.75, 3.05) is 0 Å². The Kier molecular flexibility index (Phi) is 3.43. The summed E-state index contributed by atoms with van der Waals surface area (Å²) in [6, 6.07) is 0. The minimum absolute atomic E-state index is 0.0299. The van der Waals surface area contributed by atoms with Crippen LogP contribution >= 0.6 is 11.3 Å². The van der Waals surface area contributed by atoms with Crippen molar-refractivity contribution in [1.82, 2.24) is 4.98 Å². The van der Waals surface area contributed by atoms with Gasteiger partial charge in [-0.25, -0.2) is 4.98 Å². The van der Waals surface area contributed by atoms with Crippen molar-refractivity contribution in [3.05, 3.63) is 16.1 Å². The molecule has 0 bridgehead atoms. The Bertz CT molecular complexity index is 388. The third-order valence-electron chi connectivity index (χ3n) is 2.49. The predicted octanol–water partition coefficient (Wildman–Crippen LogP) is 3.09. The van der Waals surface area contributed by atoms with Gasteiger partial charge in [0, 0.05) is 17.2 Å². The highest BCUT2D eigenvalue weighted by Gasteiger charge is 2.29. The van der Waals surface area contributed by atoms with Crippen LogP contribution in [-0.4, -0.2) is 16.1 Å². The van der Waals surface area contributed by atoms with Crippen LogP contribution in [0.4, 0.5) is 0 Å². The maximum Gasteiger partial charge on any atom is 0.309 e. The summed E-state index contributed by atoms with van der Waals surface area (Å²) in [6.45, 7) is 9.78. The number of nitrogens with zero attached hydrogens (tertiary/aromatic N) is 1. The van der Waals surface area contributed by atoms with Crippen LogP contribution in [0.5, 0.6) is 0 Å². The fourth-order valence-electron chi connectivity index (χ4n) is 1.19. The van der Waals surface area contributed by atoms with Gasteiger partial charge in [-0.3, -0.25) is 4.79 Å². The summed E-state index contributed by atoms with van der Waals surface area (Å²) in [6.07, 6.45) is 0.489. The minimum Gasteiger partial charge on any atom is -0.481 e. The lowest BCUT2D eigenvalue weighted by Gasteiger charge is -2.17. The third kappa shape index (κ3) is 3.04. The van der Waals surface area contributed by atoms with E-state index in [1.165, 1.54) is 0 Å². The first-order valence-electron chi connectivity index (χ1n) is 5.31. The molecule has 1 heterocycles. The first-order chi connectivity index (χ1) is 7.13. The van der Waals surface area contributed by atoms with E-state index in [0.29, 0.717) is 6.42 Å². The molecule has 0 aliphatic rings. The van der Waals surface area contributed by atoms with Gasteiger partial charge in [0.1, 0.15) is 0 Å². The molecule has 0 aliphatic carbocycles. The van der Waals surface area contributed by atoms with Crippen molar-refractivity contribution in [3.8, 4) is 0 Å². The van der Waals surface area contributed by atoms with Crippen molar-refractivity contribution >= 4 is 17.3 Å². The van der Waals surface area contributed by atoms with E-state index in [-0.39, 0.29) is 5.41 Å². The number of thiazole rings is 1. The average molecular weight is 241 g/mol. The van der Waals surface area contributed by atoms with E-state index in [1.54, 1.807) is 25.2 Å². The molecule has 4 heteroatoms. The topological polar surface area (TPSA) is 50.2 Å². The molecule has 16 heavy (non-hydrogen) atoms. The SMILES string of the molecule is CC(C)(Cc1nc(C(C)(C)C)cs1)C(=O)O. The molecule has 1 rings (SSSR count). The molecule has 0 spiro atoms. The molecule has 90 valence electrons. The van der Waals surface area contributed by atoms with E-state index >= 15 is 0 Å². The molecule has 0 unspecified atom stereocenters. The number of rotatable bonds is 3. The molecule has 0 aromatic carbocycles. The van der Waals surface area contributed by atoms with Crippen molar-refractivity contribution in [3.63, 3.8) is 0 Å². The summed E-state index contributed by atoms with van der Waals surface area (Å²) in [5.41, 5.74) is 0.323. The highest BCUT2D eigenvalue weighted by atomic mass is 32.1. The van der Waals surface area contributed by atoms with Crippen molar-refractivity contribution in [1.29, 1.82) is 0 Å². The third-order valence-corrected chi connectivity index (χ3v) is 3.34. The van der Waals surface area contributed by atoms with E-state index in [1.807, 2.05) is 5.38 Å². The van der Waals surface area contributed by atoms with E-state index in [9.17, 15) is 4.79 Å². The molecule has 0 fully saturated rings. The number of hydrogen-bond donors (Lipinski definition) is 1. The highest BCUT2D eigenvalue weighted by Crippen LogP contribution is 2.28. The van der Waals surface area contributed by atoms with Crippen LogP contribution in [0, 0.1) is 5.41 Å². The molecule has 1 N–H and O–H groups in total. The number of aliphatic carboxylic acids is 1. The standard InChI is InChI=1S/C12H19NO2S/c1-11(2,3)8-7-16-9(13-8)6-12(4,5)10(14)15/h7H,6H2,1-5H3,(H,14,15). The van der Waals surface area contributed by atoms with Gasteiger partial charge in [0.05, 0.1) is 16.1 Å². The number of carbonyl (C=O) groups is 1. The van der Waals surface area contributed by atoms with E-state index in [0.717, 1.165) is 10.7 Å². The van der Waals surface area contributed by atoms with Crippen molar-refractivity contribution in [2.24, 2.45) is 5.41 Å². The molecule has 1 aromatic heterocycles. The molecule has 0 saturated carbocycles. The van der Waals surface area contributed by atoms with Crippen LogP contribution in [0.2, 0.25) is 0 Å². The molecule has 1 aromatic rings. The molecule has 0 aliphatic heterocycles. The Labute approximate surface area is 101 Å². The summed E-state index contributed by atoms with van der Waals surface area (Å²) < 4.78 is 0. The molecule has 0 radical (unpaired) electrons. The lowest BCUT2D eigenvalue weighted by atomic mass is 9.89. The maximum atomic E-state index is 11.0. The second kappa shape index (κ2) is 4.17. The van der Waals surface area contributed by atoms with E-state index in [4.69, 9.17) is 5.11 Å². The minimum atomic E-state index is -0.778. The predicted molar refractivity (Wildman–Crippen MR) is 65.9 cm³/mol. The Morgan fingerprint density at radius 3 is 2.31 bits per heavy atom. The molecular formula is C12H19NO2S. The van der Waals surface area contributed by atoms with Crippen LogP contribution in [-0.2, 0) is 16.6 Å². The first-order valence-corrected chi connectivity index (χ1v) is 6.19. The van der Waals surface area contributed by atoms with Crippen LogP contribution in [0.1, 0.15) is 45.3 Å². The lowest BCUT2D eigenvalue weighted by Crippen LogP contribution is -2.26. The van der Waals surface area contributed by atoms with E-state index < -0.39 is 11.4 Å². The normalized spacial score (nSPS) is 12.8. The quantitative estimate of drug-likeness (QED) is 0.884. The molecule has 0 atom stereocenters. The number of aromatic nitrogens is 1. The van der Waals surface area contributed by atoms with Gasteiger partial charge in [0.25, 0.3) is 0 Å². The summed E-state index contributed by atoms with van der Waals surface area (Å²) in [4.78, 5) is 15.5. The number of hydrogen-bond acceptors (Lipinski definition) is 3. The van der Waals surface area contributed by atoms with Crippen LogP contribution in [0.15, 0.2) is 5.38 Å². The van der Waals surface area contributed by atoms with Gasteiger partial charge in [-0.05, 0) is 13.8 Å². The molecule has 0 saturated heterocycles. The van der Waals surface area contributed by atoms with E-state index in [2.05, 4.69) is 25.8 Å². The van der Waals surface area contributed by atoms with Gasteiger partial charge < -0.3 is 5.11 Å². The Morgan fingerprint density at radius 1 is 1.38 bits per heavy atom. The first kappa shape index (κ1) is 13.2. The van der Waals surface area contributed by atoms with Crippen LogP contribution in [0.3, 0.4) is 0 Å². The summed E-state index contributed by atoms with van der Waals surface area (Å²) in [5, 5.41) is 12.0. The number of carboxylic acids is 1. The second-order valence-electron chi connectivity index (χ2n) is 5.74. The monoisotopic (exact) mass is 241 g/mol. The summed E-state index contributed by atoms with van der Waals surface area (Å²) in [7, 11) is 0. The van der Waals surface area contributed by atoms with Crippen molar-refractivity contribution in [2.45, 2.75) is 46.5 Å². The zero-order valence-electron chi connectivity index (χ0n) is 10.5. The van der Waals surface area contributed by atoms with Crippen molar-refractivity contribution < 1.29 is 9.90 Å². The Balaban J connectivity index is 2.85. The summed E-state index contributed by atoms with van der Waals surface area (Å²) in [5.74, 6) is -0.778. The summed E-state index contributed by atoms with van der Waals surface area (Å²) >= 11 is 1.55. The zero-order valence-corrected chi connectivity index (χ0v) is 11.3. The fraction of sp³-hybridized carbons (Fsp3) is 0.667. The van der Waals surface area contributed by atoms with Crippen LogP contribution < -0.4 is 0 Å². The highest BCUT2D eigenvalue weighted by molar-refractivity contribution is 7.09.